The minimum atomic E-state index is -0.532. The van der Waals surface area contributed by atoms with E-state index in [-0.39, 0.29) is 11.3 Å². The Morgan fingerprint density at radius 2 is 1.75 bits per heavy atom. The van der Waals surface area contributed by atoms with Crippen LogP contribution in [0.4, 0.5) is 17.2 Å². The number of esters is 1. The van der Waals surface area contributed by atoms with Crippen LogP contribution in [0.3, 0.4) is 0 Å². The van der Waals surface area contributed by atoms with E-state index >= 15 is 0 Å². The fourth-order valence-electron chi connectivity index (χ4n) is 2.54. The molecule has 2 aromatic carbocycles. The van der Waals surface area contributed by atoms with E-state index in [2.05, 4.69) is 20.6 Å². The number of amides is 1. The van der Waals surface area contributed by atoms with Gasteiger partial charge in [0.05, 0.1) is 30.8 Å². The molecule has 0 bridgehead atoms. The lowest BCUT2D eigenvalue weighted by Gasteiger charge is -2.10. The SMILES string of the molecule is COC(=O)c1ccccc1NC(=O)c1cnc(Nc2ccc(C)c(C)c2)cn1. The third-order valence-corrected chi connectivity index (χ3v) is 4.24. The van der Waals surface area contributed by atoms with Crippen molar-refractivity contribution in [3.8, 4) is 0 Å². The topological polar surface area (TPSA) is 93.2 Å². The molecule has 0 aliphatic rings. The quantitative estimate of drug-likeness (QED) is 0.657. The number of hydrogen-bond donors (Lipinski definition) is 2. The fraction of sp³-hybridized carbons (Fsp3) is 0.143. The van der Waals surface area contributed by atoms with Gasteiger partial charge in [-0.15, -0.1) is 0 Å². The fourth-order valence-corrected chi connectivity index (χ4v) is 2.54. The van der Waals surface area contributed by atoms with Crippen molar-refractivity contribution in [2.45, 2.75) is 13.8 Å². The first-order valence-corrected chi connectivity index (χ1v) is 8.63. The first-order valence-electron chi connectivity index (χ1n) is 8.63. The summed E-state index contributed by atoms with van der Waals surface area (Å²) in [6, 6.07) is 12.6. The Bertz CT molecular complexity index is 1020. The Morgan fingerprint density at radius 1 is 0.964 bits per heavy atom. The smallest absolute Gasteiger partial charge is 0.339 e. The monoisotopic (exact) mass is 376 g/mol. The molecule has 3 rings (SSSR count). The minimum absolute atomic E-state index is 0.130. The average molecular weight is 376 g/mol. The molecule has 0 aliphatic heterocycles. The van der Waals surface area contributed by atoms with Crippen LogP contribution in [0.5, 0.6) is 0 Å². The molecular formula is C21H20N4O3. The standard InChI is InChI=1S/C21H20N4O3/c1-13-8-9-15(10-14(13)2)24-19-12-22-18(11-23-19)20(26)25-17-7-5-4-6-16(17)21(27)28-3/h4-12H,1-3H3,(H,23,24)(H,25,26). The maximum absolute atomic E-state index is 12.4. The number of para-hydroxylation sites is 1. The Balaban J connectivity index is 1.72. The number of anilines is 3. The van der Waals surface area contributed by atoms with Gasteiger partial charge in [0.15, 0.2) is 0 Å². The molecule has 0 aliphatic carbocycles. The van der Waals surface area contributed by atoms with Crippen LogP contribution in [-0.4, -0.2) is 29.0 Å². The summed E-state index contributed by atoms with van der Waals surface area (Å²) >= 11 is 0. The highest BCUT2D eigenvalue weighted by Gasteiger charge is 2.15. The van der Waals surface area contributed by atoms with Crippen LogP contribution in [0.2, 0.25) is 0 Å². The second kappa shape index (κ2) is 8.30. The van der Waals surface area contributed by atoms with Crippen molar-refractivity contribution in [1.82, 2.24) is 9.97 Å². The van der Waals surface area contributed by atoms with Crippen LogP contribution < -0.4 is 10.6 Å². The molecule has 0 atom stereocenters. The third-order valence-electron chi connectivity index (χ3n) is 4.24. The van der Waals surface area contributed by atoms with E-state index in [1.165, 1.54) is 30.6 Å². The zero-order chi connectivity index (χ0) is 20.1. The Labute approximate surface area is 162 Å². The zero-order valence-electron chi connectivity index (χ0n) is 15.8. The van der Waals surface area contributed by atoms with Gasteiger partial charge in [0.1, 0.15) is 11.5 Å². The molecule has 3 aromatic rings. The van der Waals surface area contributed by atoms with E-state index in [0.717, 1.165) is 5.69 Å². The van der Waals surface area contributed by atoms with Gasteiger partial charge in [0.25, 0.3) is 5.91 Å². The number of nitrogens with zero attached hydrogens (tertiary/aromatic N) is 2. The van der Waals surface area contributed by atoms with E-state index in [9.17, 15) is 9.59 Å². The highest BCUT2D eigenvalue weighted by Crippen LogP contribution is 2.19. The molecule has 7 nitrogen and oxygen atoms in total. The van der Waals surface area contributed by atoms with Gasteiger partial charge >= 0.3 is 5.97 Å². The van der Waals surface area contributed by atoms with E-state index in [1.54, 1.807) is 24.3 Å². The van der Waals surface area contributed by atoms with Crippen molar-refractivity contribution in [2.75, 3.05) is 17.7 Å². The lowest BCUT2D eigenvalue weighted by molar-refractivity contribution is 0.0602. The molecule has 1 heterocycles. The van der Waals surface area contributed by atoms with Crippen LogP contribution in [0, 0.1) is 13.8 Å². The molecule has 0 unspecified atom stereocenters. The number of rotatable bonds is 5. The number of ether oxygens (including phenoxy) is 1. The summed E-state index contributed by atoms with van der Waals surface area (Å²) in [6.45, 7) is 4.08. The summed E-state index contributed by atoms with van der Waals surface area (Å²) in [5.74, 6) is -0.480. The first-order chi connectivity index (χ1) is 13.5. The number of aromatic nitrogens is 2. The van der Waals surface area contributed by atoms with Crippen LogP contribution in [0.1, 0.15) is 32.0 Å². The molecule has 28 heavy (non-hydrogen) atoms. The van der Waals surface area contributed by atoms with Crippen LogP contribution in [0.25, 0.3) is 0 Å². The Kier molecular flexibility index (Phi) is 5.64. The summed E-state index contributed by atoms with van der Waals surface area (Å²) in [5.41, 5.74) is 4.00. The molecule has 2 N–H and O–H groups in total. The molecule has 1 aromatic heterocycles. The van der Waals surface area contributed by atoms with Gasteiger partial charge < -0.3 is 15.4 Å². The number of benzene rings is 2. The number of nitrogens with one attached hydrogen (secondary N) is 2. The van der Waals surface area contributed by atoms with Gasteiger partial charge in [-0.2, -0.15) is 0 Å². The molecule has 7 heteroatoms. The first kappa shape index (κ1) is 19.0. The summed E-state index contributed by atoms with van der Waals surface area (Å²) in [4.78, 5) is 32.6. The number of carbonyl (C=O) groups is 2. The van der Waals surface area contributed by atoms with Crippen molar-refractivity contribution in [2.24, 2.45) is 0 Å². The van der Waals surface area contributed by atoms with Crippen molar-refractivity contribution in [1.29, 1.82) is 0 Å². The molecule has 142 valence electrons. The van der Waals surface area contributed by atoms with E-state index in [0.29, 0.717) is 11.5 Å². The van der Waals surface area contributed by atoms with E-state index in [1.807, 2.05) is 32.0 Å². The summed E-state index contributed by atoms with van der Waals surface area (Å²) in [5, 5.41) is 5.82. The van der Waals surface area contributed by atoms with Crippen LogP contribution >= 0.6 is 0 Å². The highest BCUT2D eigenvalue weighted by atomic mass is 16.5. The number of aryl methyl sites for hydroxylation is 2. The molecule has 0 radical (unpaired) electrons. The Morgan fingerprint density at radius 3 is 2.43 bits per heavy atom. The second-order valence-electron chi connectivity index (χ2n) is 6.20. The molecule has 0 saturated heterocycles. The van der Waals surface area contributed by atoms with Gasteiger partial charge in [-0.3, -0.25) is 4.79 Å². The number of carbonyl (C=O) groups excluding carboxylic acids is 2. The van der Waals surface area contributed by atoms with Crippen molar-refractivity contribution >= 4 is 29.1 Å². The predicted molar refractivity (Wildman–Crippen MR) is 107 cm³/mol. The average Bonchev–Trinajstić information content (AvgIpc) is 2.71. The maximum Gasteiger partial charge on any atom is 0.339 e. The van der Waals surface area contributed by atoms with E-state index in [4.69, 9.17) is 4.74 Å². The molecule has 0 spiro atoms. The zero-order valence-corrected chi connectivity index (χ0v) is 15.8. The molecule has 0 fully saturated rings. The summed E-state index contributed by atoms with van der Waals surface area (Å²) in [7, 11) is 1.29. The minimum Gasteiger partial charge on any atom is -0.465 e. The lowest BCUT2D eigenvalue weighted by atomic mass is 10.1. The van der Waals surface area contributed by atoms with Crippen LogP contribution in [0.15, 0.2) is 54.9 Å². The normalized spacial score (nSPS) is 10.2. The van der Waals surface area contributed by atoms with E-state index < -0.39 is 11.9 Å². The number of methoxy groups -OCH3 is 1. The van der Waals surface area contributed by atoms with Gasteiger partial charge in [0.2, 0.25) is 0 Å². The second-order valence-corrected chi connectivity index (χ2v) is 6.20. The predicted octanol–water partition coefficient (Wildman–Crippen LogP) is 3.88. The summed E-state index contributed by atoms with van der Waals surface area (Å²) in [6.07, 6.45) is 2.86. The van der Waals surface area contributed by atoms with Gasteiger partial charge in [-0.05, 0) is 49.2 Å². The molecule has 1 amide bonds. The third kappa shape index (κ3) is 4.32. The van der Waals surface area contributed by atoms with Gasteiger partial charge in [-0.25, -0.2) is 14.8 Å². The maximum atomic E-state index is 12.4. The van der Waals surface area contributed by atoms with Gasteiger partial charge in [0, 0.05) is 5.69 Å². The lowest BCUT2D eigenvalue weighted by Crippen LogP contribution is -2.17. The molecule has 0 saturated carbocycles. The van der Waals surface area contributed by atoms with Crippen molar-refractivity contribution in [3.05, 3.63) is 77.2 Å². The largest absolute Gasteiger partial charge is 0.465 e. The summed E-state index contributed by atoms with van der Waals surface area (Å²) < 4.78 is 4.73. The molecular weight excluding hydrogens is 356 g/mol. The van der Waals surface area contributed by atoms with Crippen LogP contribution in [-0.2, 0) is 4.74 Å². The van der Waals surface area contributed by atoms with Crippen molar-refractivity contribution in [3.63, 3.8) is 0 Å². The number of hydrogen-bond acceptors (Lipinski definition) is 6. The Hall–Kier alpha value is -3.74. The highest BCUT2D eigenvalue weighted by molar-refractivity contribution is 6.06. The van der Waals surface area contributed by atoms with Gasteiger partial charge in [-0.1, -0.05) is 18.2 Å². The van der Waals surface area contributed by atoms with Crippen molar-refractivity contribution < 1.29 is 14.3 Å².